The number of carbonyl (C=O) groups excluding carboxylic acids is 1. The molecule has 1 aliphatic heterocycles. The molecule has 3 rings (SSSR count). The predicted molar refractivity (Wildman–Crippen MR) is 116 cm³/mol. The lowest BCUT2D eigenvalue weighted by Gasteiger charge is -2.20. The molecule has 1 amide bonds. The van der Waals surface area contributed by atoms with Gasteiger partial charge >= 0.3 is 0 Å². The molecule has 1 heterocycles. The summed E-state index contributed by atoms with van der Waals surface area (Å²) in [5, 5.41) is 2.88. The molecule has 0 aliphatic carbocycles. The summed E-state index contributed by atoms with van der Waals surface area (Å²) in [5.74, 6) is -0.222. The molecule has 0 unspecified atom stereocenters. The van der Waals surface area contributed by atoms with Crippen LogP contribution in [-0.4, -0.2) is 45.8 Å². The molecule has 29 heavy (non-hydrogen) atoms. The highest BCUT2D eigenvalue weighted by Gasteiger charge is 2.25. The minimum absolute atomic E-state index is 0.222. The molecule has 1 saturated heterocycles. The number of nitrogens with zero attached hydrogens (tertiary/aromatic N) is 2. The van der Waals surface area contributed by atoms with Crippen molar-refractivity contribution in [3.8, 4) is 0 Å². The number of carbonyl (C=O) groups is 1. The minimum Gasteiger partial charge on any atom is -0.378 e. The van der Waals surface area contributed by atoms with Crippen molar-refractivity contribution < 1.29 is 13.2 Å². The van der Waals surface area contributed by atoms with E-state index in [1.54, 1.807) is 16.4 Å². The van der Waals surface area contributed by atoms with Crippen LogP contribution in [0.2, 0.25) is 0 Å². The fourth-order valence-corrected chi connectivity index (χ4v) is 4.92. The van der Waals surface area contributed by atoms with E-state index >= 15 is 0 Å². The third-order valence-corrected chi connectivity index (χ3v) is 7.14. The zero-order chi connectivity index (χ0) is 20.9. The van der Waals surface area contributed by atoms with E-state index in [1.165, 1.54) is 12.1 Å². The van der Waals surface area contributed by atoms with Gasteiger partial charge in [0.2, 0.25) is 10.0 Å². The summed E-state index contributed by atoms with van der Waals surface area (Å²) in [4.78, 5) is 14.7. The second-order valence-corrected chi connectivity index (χ2v) is 9.52. The standard InChI is InChI=1S/C22H29N3O3S/c1-24(2)20-11-7-18(8-12-20)17-23-22(26)19-9-13-21(14-10-19)29(27,28)25-15-5-3-4-6-16-25/h7-14H,3-6,15-17H2,1-2H3,(H,23,26). The third kappa shape index (κ3) is 5.36. The van der Waals surface area contributed by atoms with Gasteiger partial charge in [-0.15, -0.1) is 0 Å². The Kier molecular flexibility index (Phi) is 6.92. The van der Waals surface area contributed by atoms with Gasteiger partial charge in [0.1, 0.15) is 0 Å². The molecule has 0 aromatic heterocycles. The van der Waals surface area contributed by atoms with E-state index in [9.17, 15) is 13.2 Å². The van der Waals surface area contributed by atoms with E-state index in [4.69, 9.17) is 0 Å². The monoisotopic (exact) mass is 415 g/mol. The highest BCUT2D eigenvalue weighted by Crippen LogP contribution is 2.21. The van der Waals surface area contributed by atoms with E-state index in [0.29, 0.717) is 25.2 Å². The largest absolute Gasteiger partial charge is 0.378 e. The summed E-state index contributed by atoms with van der Waals surface area (Å²) >= 11 is 0. The smallest absolute Gasteiger partial charge is 0.251 e. The second-order valence-electron chi connectivity index (χ2n) is 7.59. The molecular formula is C22H29N3O3S. The van der Waals surface area contributed by atoms with Crippen LogP contribution >= 0.6 is 0 Å². The zero-order valence-corrected chi connectivity index (χ0v) is 17.9. The highest BCUT2D eigenvalue weighted by molar-refractivity contribution is 7.89. The molecule has 6 nitrogen and oxygen atoms in total. The SMILES string of the molecule is CN(C)c1ccc(CNC(=O)c2ccc(S(=O)(=O)N3CCCCCC3)cc2)cc1. The number of nitrogens with one attached hydrogen (secondary N) is 1. The number of rotatable bonds is 6. The van der Waals surface area contributed by atoms with Gasteiger partial charge in [-0.2, -0.15) is 4.31 Å². The summed E-state index contributed by atoms with van der Waals surface area (Å²) in [7, 11) is 0.463. The van der Waals surface area contributed by atoms with Crippen LogP contribution in [0.1, 0.15) is 41.6 Å². The lowest BCUT2D eigenvalue weighted by atomic mass is 10.2. The maximum absolute atomic E-state index is 12.8. The van der Waals surface area contributed by atoms with Gasteiger partial charge in [-0.05, 0) is 54.8 Å². The molecule has 0 bridgehead atoms. The number of amides is 1. The summed E-state index contributed by atoms with van der Waals surface area (Å²) in [5.41, 5.74) is 2.55. The Balaban J connectivity index is 1.62. The summed E-state index contributed by atoms with van der Waals surface area (Å²) in [6.07, 6.45) is 3.94. The normalized spacial score (nSPS) is 15.5. The van der Waals surface area contributed by atoms with Crippen molar-refractivity contribution in [3.63, 3.8) is 0 Å². The average Bonchev–Trinajstić information content (AvgIpc) is 3.02. The topological polar surface area (TPSA) is 69.7 Å². The number of hydrogen-bond donors (Lipinski definition) is 1. The molecular weight excluding hydrogens is 386 g/mol. The van der Waals surface area contributed by atoms with Gasteiger partial charge in [-0.25, -0.2) is 8.42 Å². The quantitative estimate of drug-likeness (QED) is 0.786. The van der Waals surface area contributed by atoms with Crippen molar-refractivity contribution >= 4 is 21.6 Å². The fraction of sp³-hybridized carbons (Fsp3) is 0.409. The first-order chi connectivity index (χ1) is 13.9. The number of hydrogen-bond acceptors (Lipinski definition) is 4. The maximum Gasteiger partial charge on any atom is 0.251 e. The molecule has 0 atom stereocenters. The van der Waals surface area contributed by atoms with Crippen molar-refractivity contribution in [1.82, 2.24) is 9.62 Å². The van der Waals surface area contributed by atoms with Crippen molar-refractivity contribution in [1.29, 1.82) is 0 Å². The van der Waals surface area contributed by atoms with Crippen molar-refractivity contribution in [2.24, 2.45) is 0 Å². The van der Waals surface area contributed by atoms with E-state index in [1.807, 2.05) is 43.3 Å². The van der Waals surface area contributed by atoms with Crippen molar-refractivity contribution in [3.05, 3.63) is 59.7 Å². The van der Waals surface area contributed by atoms with Crippen molar-refractivity contribution in [2.45, 2.75) is 37.1 Å². The van der Waals surface area contributed by atoms with Gasteiger partial charge in [0.05, 0.1) is 4.90 Å². The number of benzene rings is 2. The third-order valence-electron chi connectivity index (χ3n) is 5.23. The van der Waals surface area contributed by atoms with Gasteiger partial charge in [-0.3, -0.25) is 4.79 Å². The van der Waals surface area contributed by atoms with E-state index in [0.717, 1.165) is 36.9 Å². The number of anilines is 1. The van der Waals surface area contributed by atoms with E-state index in [2.05, 4.69) is 5.32 Å². The summed E-state index contributed by atoms with van der Waals surface area (Å²) in [6, 6.07) is 14.2. The molecule has 2 aromatic carbocycles. The molecule has 156 valence electrons. The first-order valence-corrected chi connectivity index (χ1v) is 11.5. The molecule has 2 aromatic rings. The molecule has 1 aliphatic rings. The Labute approximate surface area is 173 Å². The highest BCUT2D eigenvalue weighted by atomic mass is 32.2. The molecule has 1 fully saturated rings. The predicted octanol–water partition coefficient (Wildman–Crippen LogP) is 3.25. The Morgan fingerprint density at radius 2 is 1.52 bits per heavy atom. The van der Waals surface area contributed by atoms with Crippen LogP contribution in [0.15, 0.2) is 53.4 Å². The van der Waals surface area contributed by atoms with Crippen LogP contribution in [0.3, 0.4) is 0 Å². The second kappa shape index (κ2) is 9.41. The van der Waals surface area contributed by atoms with Crippen LogP contribution < -0.4 is 10.2 Å². The number of sulfonamides is 1. The van der Waals surface area contributed by atoms with Gasteiger partial charge in [0.15, 0.2) is 0 Å². The Bertz CT molecular complexity index is 915. The Morgan fingerprint density at radius 1 is 0.931 bits per heavy atom. The maximum atomic E-state index is 12.8. The van der Waals surface area contributed by atoms with Crippen LogP contribution in [0.25, 0.3) is 0 Å². The van der Waals surface area contributed by atoms with Gasteiger partial charge in [-0.1, -0.05) is 25.0 Å². The molecule has 1 N–H and O–H groups in total. The molecule has 0 saturated carbocycles. The molecule has 0 spiro atoms. The van der Waals surface area contributed by atoms with Crippen LogP contribution in [0, 0.1) is 0 Å². The zero-order valence-electron chi connectivity index (χ0n) is 17.1. The van der Waals surface area contributed by atoms with E-state index < -0.39 is 10.0 Å². The average molecular weight is 416 g/mol. The Hall–Kier alpha value is -2.38. The fourth-order valence-electron chi connectivity index (χ4n) is 3.41. The van der Waals surface area contributed by atoms with Gasteiger partial charge in [0.25, 0.3) is 5.91 Å². The van der Waals surface area contributed by atoms with Gasteiger partial charge < -0.3 is 10.2 Å². The lowest BCUT2D eigenvalue weighted by Crippen LogP contribution is -2.32. The van der Waals surface area contributed by atoms with Crippen LogP contribution in [0.5, 0.6) is 0 Å². The van der Waals surface area contributed by atoms with E-state index in [-0.39, 0.29) is 10.8 Å². The first kappa shape index (κ1) is 21.3. The van der Waals surface area contributed by atoms with Crippen LogP contribution in [0.4, 0.5) is 5.69 Å². The van der Waals surface area contributed by atoms with Gasteiger partial charge in [0, 0.05) is 45.0 Å². The molecule has 7 heteroatoms. The first-order valence-electron chi connectivity index (χ1n) is 10.0. The Morgan fingerprint density at radius 3 is 2.07 bits per heavy atom. The summed E-state index contributed by atoms with van der Waals surface area (Å²) < 4.78 is 27.2. The summed E-state index contributed by atoms with van der Waals surface area (Å²) in [6.45, 7) is 1.55. The molecule has 0 radical (unpaired) electrons. The minimum atomic E-state index is -3.50. The lowest BCUT2D eigenvalue weighted by molar-refractivity contribution is 0.0951. The van der Waals surface area contributed by atoms with Crippen molar-refractivity contribution in [2.75, 3.05) is 32.1 Å². The van der Waals surface area contributed by atoms with Crippen LogP contribution in [-0.2, 0) is 16.6 Å².